The quantitative estimate of drug-likeness (QED) is 0.533. The van der Waals surface area contributed by atoms with Crippen LogP contribution in [0.1, 0.15) is 10.5 Å². The molecule has 3 rings (SSSR count). The van der Waals surface area contributed by atoms with Crippen molar-refractivity contribution in [2.75, 3.05) is 21.2 Å². The highest BCUT2D eigenvalue weighted by Gasteiger charge is 2.20. The van der Waals surface area contributed by atoms with E-state index in [4.69, 9.17) is 4.74 Å². The first kappa shape index (κ1) is 15.3. The molecule has 118 valence electrons. The largest absolute Gasteiger partial charge is 0.497 e. The molecule has 0 bridgehead atoms. The number of ether oxygens (including phenoxy) is 1. The van der Waals surface area contributed by atoms with Crippen molar-refractivity contribution in [1.29, 1.82) is 0 Å². The monoisotopic (exact) mass is 327 g/mol. The standard InChI is InChI=1S/C17H17N3O2S/c1-19(2)8-7-14(21)16-15(18-17-20(16)9-10-23-17)12-5-4-6-13(11-12)22-3/h4-11H,1-3H3. The number of hydrogen-bond acceptors (Lipinski definition) is 5. The number of methoxy groups -OCH3 is 1. The molecule has 0 aliphatic heterocycles. The molecule has 2 heterocycles. The van der Waals surface area contributed by atoms with Gasteiger partial charge in [0.1, 0.15) is 17.1 Å². The molecule has 0 aliphatic carbocycles. The smallest absolute Gasteiger partial charge is 0.206 e. The van der Waals surface area contributed by atoms with E-state index in [1.165, 1.54) is 11.3 Å². The Labute approximate surface area is 138 Å². The van der Waals surface area contributed by atoms with E-state index < -0.39 is 0 Å². The van der Waals surface area contributed by atoms with Gasteiger partial charge in [0.25, 0.3) is 0 Å². The number of aromatic nitrogens is 2. The summed E-state index contributed by atoms with van der Waals surface area (Å²) in [6.07, 6.45) is 5.17. The summed E-state index contributed by atoms with van der Waals surface area (Å²) in [6, 6.07) is 7.58. The Balaban J connectivity index is 2.15. The number of ketones is 1. The number of rotatable bonds is 5. The van der Waals surface area contributed by atoms with Gasteiger partial charge in [0.15, 0.2) is 4.96 Å². The topological polar surface area (TPSA) is 46.8 Å². The summed E-state index contributed by atoms with van der Waals surface area (Å²) < 4.78 is 7.11. The van der Waals surface area contributed by atoms with Gasteiger partial charge in [0, 0.05) is 43.5 Å². The molecule has 6 heteroatoms. The molecule has 0 fully saturated rings. The van der Waals surface area contributed by atoms with Crippen LogP contribution >= 0.6 is 11.3 Å². The first-order valence-electron chi connectivity index (χ1n) is 7.09. The lowest BCUT2D eigenvalue weighted by Crippen LogP contribution is -2.05. The Kier molecular flexibility index (Phi) is 4.16. The SMILES string of the molecule is COc1cccc(-c2nc3sccn3c2C(=O)C=CN(C)C)c1. The highest BCUT2D eigenvalue weighted by atomic mass is 32.1. The van der Waals surface area contributed by atoms with Crippen LogP contribution in [0.3, 0.4) is 0 Å². The highest BCUT2D eigenvalue weighted by molar-refractivity contribution is 7.15. The Morgan fingerprint density at radius 2 is 2.22 bits per heavy atom. The molecule has 0 saturated heterocycles. The number of nitrogens with zero attached hydrogens (tertiary/aromatic N) is 3. The molecular formula is C17H17N3O2S. The van der Waals surface area contributed by atoms with Crippen molar-refractivity contribution in [1.82, 2.24) is 14.3 Å². The predicted molar refractivity (Wildman–Crippen MR) is 92.2 cm³/mol. The van der Waals surface area contributed by atoms with E-state index in [9.17, 15) is 4.79 Å². The molecule has 0 radical (unpaired) electrons. The van der Waals surface area contributed by atoms with Gasteiger partial charge in [-0.15, -0.1) is 11.3 Å². The molecule has 3 aromatic rings. The first-order chi connectivity index (χ1) is 11.1. The number of benzene rings is 1. The van der Waals surface area contributed by atoms with Gasteiger partial charge in [-0.05, 0) is 12.1 Å². The minimum atomic E-state index is -0.0811. The van der Waals surface area contributed by atoms with Crippen LogP contribution in [-0.4, -0.2) is 41.3 Å². The maximum Gasteiger partial charge on any atom is 0.206 e. The van der Waals surface area contributed by atoms with E-state index in [-0.39, 0.29) is 5.78 Å². The van der Waals surface area contributed by atoms with E-state index in [2.05, 4.69) is 4.98 Å². The number of thiazole rings is 1. The summed E-state index contributed by atoms with van der Waals surface area (Å²) >= 11 is 1.50. The van der Waals surface area contributed by atoms with Gasteiger partial charge < -0.3 is 9.64 Å². The first-order valence-corrected chi connectivity index (χ1v) is 7.97. The second-order valence-electron chi connectivity index (χ2n) is 5.24. The van der Waals surface area contributed by atoms with Crippen LogP contribution in [-0.2, 0) is 0 Å². The summed E-state index contributed by atoms with van der Waals surface area (Å²) in [5, 5.41) is 1.92. The minimum absolute atomic E-state index is 0.0811. The molecule has 5 nitrogen and oxygen atoms in total. The molecule has 1 aromatic carbocycles. The molecular weight excluding hydrogens is 310 g/mol. The number of carbonyl (C=O) groups is 1. The zero-order valence-corrected chi connectivity index (χ0v) is 14.0. The van der Waals surface area contributed by atoms with Crippen molar-refractivity contribution in [3.63, 3.8) is 0 Å². The third kappa shape index (κ3) is 2.98. The number of allylic oxidation sites excluding steroid dienone is 1. The second kappa shape index (κ2) is 6.26. The molecule has 0 spiro atoms. The van der Waals surface area contributed by atoms with Gasteiger partial charge in [-0.25, -0.2) is 4.98 Å². The van der Waals surface area contributed by atoms with Crippen molar-refractivity contribution in [3.8, 4) is 17.0 Å². The second-order valence-corrected chi connectivity index (χ2v) is 6.11. The zero-order valence-electron chi connectivity index (χ0n) is 13.2. The fraction of sp³-hybridized carbons (Fsp3) is 0.176. The third-order valence-corrected chi connectivity index (χ3v) is 4.12. The maximum atomic E-state index is 12.7. The van der Waals surface area contributed by atoms with Crippen molar-refractivity contribution in [2.24, 2.45) is 0 Å². The van der Waals surface area contributed by atoms with E-state index in [1.54, 1.807) is 19.4 Å². The van der Waals surface area contributed by atoms with Gasteiger partial charge in [0.2, 0.25) is 5.78 Å². The van der Waals surface area contributed by atoms with Crippen LogP contribution in [0.5, 0.6) is 5.75 Å². The molecule has 0 N–H and O–H groups in total. The van der Waals surface area contributed by atoms with Gasteiger partial charge in [-0.2, -0.15) is 0 Å². The molecule has 0 saturated carbocycles. The Bertz CT molecular complexity index is 877. The summed E-state index contributed by atoms with van der Waals surface area (Å²) in [5.74, 6) is 0.656. The summed E-state index contributed by atoms with van der Waals surface area (Å²) in [7, 11) is 5.38. The average Bonchev–Trinajstić information content (AvgIpc) is 3.13. The van der Waals surface area contributed by atoms with Crippen molar-refractivity contribution < 1.29 is 9.53 Å². The molecule has 0 unspecified atom stereocenters. The lowest BCUT2D eigenvalue weighted by molar-refractivity contribution is 0.104. The summed E-state index contributed by atoms with van der Waals surface area (Å²) in [6.45, 7) is 0. The van der Waals surface area contributed by atoms with Gasteiger partial charge in [-0.3, -0.25) is 9.20 Å². The van der Waals surface area contributed by atoms with E-state index in [0.29, 0.717) is 11.4 Å². The van der Waals surface area contributed by atoms with Crippen LogP contribution in [0, 0.1) is 0 Å². The highest BCUT2D eigenvalue weighted by Crippen LogP contribution is 2.29. The lowest BCUT2D eigenvalue weighted by Gasteiger charge is -2.05. The van der Waals surface area contributed by atoms with Gasteiger partial charge >= 0.3 is 0 Å². The van der Waals surface area contributed by atoms with Crippen LogP contribution in [0.2, 0.25) is 0 Å². The van der Waals surface area contributed by atoms with Crippen LogP contribution < -0.4 is 4.74 Å². The normalized spacial score (nSPS) is 11.3. The number of fused-ring (bicyclic) bond motifs is 1. The average molecular weight is 327 g/mol. The number of carbonyl (C=O) groups excluding carboxylic acids is 1. The molecule has 2 aromatic heterocycles. The van der Waals surface area contributed by atoms with Crippen LogP contribution in [0.25, 0.3) is 16.2 Å². The molecule has 0 aliphatic rings. The maximum absolute atomic E-state index is 12.7. The summed E-state index contributed by atoms with van der Waals surface area (Å²) in [5.41, 5.74) is 2.10. The van der Waals surface area contributed by atoms with E-state index in [0.717, 1.165) is 16.3 Å². The van der Waals surface area contributed by atoms with Crippen LogP contribution in [0.4, 0.5) is 0 Å². The third-order valence-electron chi connectivity index (χ3n) is 3.36. The van der Waals surface area contributed by atoms with Crippen LogP contribution in [0.15, 0.2) is 48.1 Å². The zero-order chi connectivity index (χ0) is 16.4. The minimum Gasteiger partial charge on any atom is -0.497 e. The summed E-state index contributed by atoms with van der Waals surface area (Å²) in [4.78, 5) is 19.9. The Hall–Kier alpha value is -2.60. The predicted octanol–water partition coefficient (Wildman–Crippen LogP) is 3.33. The molecule has 23 heavy (non-hydrogen) atoms. The van der Waals surface area contributed by atoms with Crippen molar-refractivity contribution in [3.05, 3.63) is 53.8 Å². The van der Waals surface area contributed by atoms with E-state index in [1.807, 2.05) is 59.2 Å². The fourth-order valence-corrected chi connectivity index (χ4v) is 3.00. The Morgan fingerprint density at radius 3 is 2.96 bits per heavy atom. The number of hydrogen-bond donors (Lipinski definition) is 0. The molecule has 0 amide bonds. The Morgan fingerprint density at radius 1 is 1.39 bits per heavy atom. The fourth-order valence-electron chi connectivity index (χ4n) is 2.29. The number of imidazole rings is 1. The van der Waals surface area contributed by atoms with Gasteiger partial charge in [0.05, 0.1) is 7.11 Å². The van der Waals surface area contributed by atoms with E-state index >= 15 is 0 Å². The molecule has 0 atom stereocenters. The van der Waals surface area contributed by atoms with Crippen molar-refractivity contribution in [2.45, 2.75) is 0 Å². The van der Waals surface area contributed by atoms with Crippen molar-refractivity contribution >= 4 is 22.1 Å². The lowest BCUT2D eigenvalue weighted by atomic mass is 10.1. The van der Waals surface area contributed by atoms with Gasteiger partial charge in [-0.1, -0.05) is 12.1 Å².